The number of rotatable bonds is 2. The van der Waals surface area contributed by atoms with Crippen LogP contribution < -0.4 is 4.74 Å². The third-order valence-corrected chi connectivity index (χ3v) is 3.25. The van der Waals surface area contributed by atoms with E-state index in [1.807, 2.05) is 31.2 Å². The molecule has 0 aliphatic rings. The summed E-state index contributed by atoms with van der Waals surface area (Å²) in [7, 11) is 0. The Morgan fingerprint density at radius 2 is 2.14 bits per heavy atom. The Kier molecular flexibility index (Phi) is 2.79. The highest BCUT2D eigenvalue weighted by Gasteiger charge is 1.99. The van der Waals surface area contributed by atoms with Gasteiger partial charge >= 0.3 is 0 Å². The Balaban J connectivity index is 2.66. The first-order chi connectivity index (χ1) is 6.81. The summed E-state index contributed by atoms with van der Waals surface area (Å²) in [4.78, 5) is 0. The maximum absolute atomic E-state index is 5.45. The van der Waals surface area contributed by atoms with Gasteiger partial charge in [-0.2, -0.15) is 0 Å². The maximum Gasteiger partial charge on any atom is 0.175 e. The molecule has 72 valence electrons. The molecule has 0 saturated heterocycles. The highest BCUT2D eigenvalue weighted by atomic mass is 32.1. The van der Waals surface area contributed by atoms with Crippen molar-refractivity contribution < 1.29 is 4.74 Å². The van der Waals surface area contributed by atoms with E-state index in [0.29, 0.717) is 6.61 Å². The lowest BCUT2D eigenvalue weighted by atomic mass is 10.2. The number of hydrogen-bond acceptors (Lipinski definition) is 3. The molecular weight excluding hydrogens is 212 g/mol. The highest BCUT2D eigenvalue weighted by Crippen LogP contribution is 2.27. The van der Waals surface area contributed by atoms with Gasteiger partial charge in [0.2, 0.25) is 0 Å². The van der Waals surface area contributed by atoms with E-state index in [1.54, 1.807) is 0 Å². The lowest BCUT2D eigenvalue weighted by Gasteiger charge is -2.03. The molecule has 1 nitrogen and oxygen atoms in total. The van der Waals surface area contributed by atoms with E-state index >= 15 is 0 Å². The molecule has 0 aliphatic heterocycles. The van der Waals surface area contributed by atoms with Crippen molar-refractivity contribution in [2.45, 2.75) is 6.92 Å². The summed E-state index contributed by atoms with van der Waals surface area (Å²) in [5.74, 6) is 0. The van der Waals surface area contributed by atoms with E-state index in [-0.39, 0.29) is 0 Å². The van der Waals surface area contributed by atoms with E-state index < -0.39 is 0 Å². The van der Waals surface area contributed by atoms with Crippen LogP contribution in [0.1, 0.15) is 6.92 Å². The molecule has 0 spiro atoms. The molecule has 1 aromatic carbocycles. The van der Waals surface area contributed by atoms with Gasteiger partial charge in [0.1, 0.15) is 3.82 Å². The minimum atomic E-state index is 0.684. The van der Waals surface area contributed by atoms with E-state index in [0.717, 1.165) is 19.7 Å². The van der Waals surface area contributed by atoms with Crippen LogP contribution in [0.25, 0.3) is 10.8 Å². The first-order valence-corrected chi connectivity index (χ1v) is 5.69. The van der Waals surface area contributed by atoms with Crippen molar-refractivity contribution in [3.05, 3.63) is 34.2 Å². The van der Waals surface area contributed by atoms with Gasteiger partial charge in [-0.05, 0) is 18.4 Å². The Bertz CT molecular complexity index is 502. The van der Waals surface area contributed by atoms with Gasteiger partial charge in [-0.15, -0.1) is 0 Å². The molecule has 14 heavy (non-hydrogen) atoms. The van der Waals surface area contributed by atoms with Crippen LogP contribution in [0.2, 0.25) is 0 Å². The van der Waals surface area contributed by atoms with E-state index in [9.17, 15) is 0 Å². The zero-order chi connectivity index (χ0) is 9.97. The summed E-state index contributed by atoms with van der Waals surface area (Å²) in [6.07, 6.45) is 0. The molecular formula is C11H10OS2. The minimum Gasteiger partial charge on any atom is -0.484 e. The molecule has 0 unspecified atom stereocenters. The van der Waals surface area contributed by atoms with E-state index in [1.165, 1.54) is 11.3 Å². The number of benzene rings is 1. The minimum absolute atomic E-state index is 0.684. The molecule has 0 aliphatic carbocycles. The highest BCUT2D eigenvalue weighted by molar-refractivity contribution is 7.74. The standard InChI is InChI=1S/C11H10OS2/c1-2-12-10-7-8-5-3-4-6-9(8)11(13)14-10/h3-7H,2H2,1H3. The fourth-order valence-corrected chi connectivity index (χ4v) is 2.60. The first-order valence-electron chi connectivity index (χ1n) is 4.47. The van der Waals surface area contributed by atoms with Crippen molar-refractivity contribution in [3.8, 4) is 5.06 Å². The second-order valence-corrected chi connectivity index (χ2v) is 4.55. The molecule has 0 N–H and O–H groups in total. The summed E-state index contributed by atoms with van der Waals surface area (Å²) in [5.41, 5.74) is 0. The van der Waals surface area contributed by atoms with Gasteiger partial charge in [0.15, 0.2) is 5.06 Å². The molecule has 3 heteroatoms. The second-order valence-electron chi connectivity index (χ2n) is 2.87. The van der Waals surface area contributed by atoms with Crippen LogP contribution in [-0.2, 0) is 0 Å². The molecule has 0 radical (unpaired) electrons. The molecule has 0 amide bonds. The van der Waals surface area contributed by atoms with Crippen molar-refractivity contribution in [3.63, 3.8) is 0 Å². The van der Waals surface area contributed by atoms with Gasteiger partial charge in [0.25, 0.3) is 0 Å². The normalized spacial score (nSPS) is 10.4. The van der Waals surface area contributed by atoms with Gasteiger partial charge in [-0.1, -0.05) is 47.8 Å². The van der Waals surface area contributed by atoms with Crippen molar-refractivity contribution in [1.29, 1.82) is 0 Å². The lowest BCUT2D eigenvalue weighted by Crippen LogP contribution is -1.89. The van der Waals surface area contributed by atoms with Crippen LogP contribution in [0.15, 0.2) is 30.3 Å². The fourth-order valence-electron chi connectivity index (χ4n) is 1.32. The topological polar surface area (TPSA) is 9.23 Å². The molecule has 0 bridgehead atoms. The van der Waals surface area contributed by atoms with Crippen molar-refractivity contribution >= 4 is 34.3 Å². The molecule has 2 rings (SSSR count). The summed E-state index contributed by atoms with van der Waals surface area (Å²) >= 11 is 6.82. The molecule has 1 aromatic heterocycles. The largest absolute Gasteiger partial charge is 0.484 e. The monoisotopic (exact) mass is 222 g/mol. The zero-order valence-corrected chi connectivity index (χ0v) is 9.45. The first kappa shape index (κ1) is 9.62. The van der Waals surface area contributed by atoms with Gasteiger partial charge in [0, 0.05) is 5.39 Å². The second kappa shape index (κ2) is 4.07. The van der Waals surface area contributed by atoms with Crippen LogP contribution in [-0.4, -0.2) is 6.61 Å². The Hall–Kier alpha value is -0.930. The fraction of sp³-hybridized carbons (Fsp3) is 0.182. The SMILES string of the molecule is CCOc1cc2ccccc2c(=S)s1. The third-order valence-electron chi connectivity index (χ3n) is 1.93. The number of fused-ring (bicyclic) bond motifs is 1. The van der Waals surface area contributed by atoms with E-state index in [4.69, 9.17) is 17.0 Å². The smallest absolute Gasteiger partial charge is 0.175 e. The quantitative estimate of drug-likeness (QED) is 0.709. The zero-order valence-electron chi connectivity index (χ0n) is 7.82. The number of hydrogen-bond donors (Lipinski definition) is 0. The van der Waals surface area contributed by atoms with Gasteiger partial charge in [-0.25, -0.2) is 0 Å². The van der Waals surface area contributed by atoms with Crippen LogP contribution in [0.4, 0.5) is 0 Å². The Labute approximate surface area is 92.0 Å². The Morgan fingerprint density at radius 3 is 2.93 bits per heavy atom. The van der Waals surface area contributed by atoms with Gasteiger partial charge in [0.05, 0.1) is 6.61 Å². The number of ether oxygens (including phenoxy) is 1. The van der Waals surface area contributed by atoms with Gasteiger partial charge in [-0.3, -0.25) is 0 Å². The molecule has 0 saturated carbocycles. The molecule has 1 heterocycles. The maximum atomic E-state index is 5.45. The average molecular weight is 222 g/mol. The van der Waals surface area contributed by atoms with Crippen LogP contribution in [0.3, 0.4) is 0 Å². The van der Waals surface area contributed by atoms with Crippen LogP contribution >= 0.6 is 23.6 Å². The third kappa shape index (κ3) is 1.79. The van der Waals surface area contributed by atoms with Crippen molar-refractivity contribution in [2.75, 3.05) is 6.61 Å². The average Bonchev–Trinajstić information content (AvgIpc) is 2.18. The predicted octanol–water partition coefficient (Wildman–Crippen LogP) is 4.03. The molecule has 0 fully saturated rings. The summed E-state index contributed by atoms with van der Waals surface area (Å²) in [6, 6.07) is 10.2. The van der Waals surface area contributed by atoms with Crippen LogP contribution in [0, 0.1) is 3.82 Å². The van der Waals surface area contributed by atoms with Crippen LogP contribution in [0.5, 0.6) is 5.06 Å². The van der Waals surface area contributed by atoms with Gasteiger partial charge < -0.3 is 4.74 Å². The Morgan fingerprint density at radius 1 is 1.36 bits per heavy atom. The predicted molar refractivity (Wildman–Crippen MR) is 63.8 cm³/mol. The molecule has 2 aromatic rings. The lowest BCUT2D eigenvalue weighted by molar-refractivity contribution is 0.350. The van der Waals surface area contributed by atoms with Crippen molar-refractivity contribution in [2.24, 2.45) is 0 Å². The van der Waals surface area contributed by atoms with E-state index in [2.05, 4.69) is 6.07 Å². The summed E-state index contributed by atoms with van der Waals surface area (Å²) in [5, 5.41) is 3.19. The summed E-state index contributed by atoms with van der Waals surface area (Å²) < 4.78 is 6.34. The van der Waals surface area contributed by atoms with Crippen molar-refractivity contribution in [1.82, 2.24) is 0 Å². The summed E-state index contributed by atoms with van der Waals surface area (Å²) in [6.45, 7) is 2.66. The molecule has 0 atom stereocenters.